The molecule has 2 aromatic rings. The lowest BCUT2D eigenvalue weighted by atomic mass is 10.2. The average molecular weight is 333 g/mol. The fraction of sp³-hybridized carbons (Fsp3) is 0.474. The highest BCUT2D eigenvalue weighted by molar-refractivity contribution is 5.27. The predicted octanol–water partition coefficient (Wildman–Crippen LogP) is 3.08. The highest BCUT2D eigenvalue weighted by Gasteiger charge is 2.12. The molecule has 2 rings (SSSR count). The maximum atomic E-state index is 10.2. The van der Waals surface area contributed by atoms with Crippen LogP contribution in [-0.4, -0.2) is 42.9 Å². The van der Waals surface area contributed by atoms with E-state index in [1.54, 1.807) is 13.4 Å². The molecule has 0 saturated carbocycles. The third-order valence-electron chi connectivity index (χ3n) is 3.71. The first-order valence-electron chi connectivity index (χ1n) is 8.34. The van der Waals surface area contributed by atoms with Gasteiger partial charge in [0.15, 0.2) is 0 Å². The van der Waals surface area contributed by atoms with Crippen LogP contribution in [0.2, 0.25) is 0 Å². The van der Waals surface area contributed by atoms with Gasteiger partial charge >= 0.3 is 0 Å². The van der Waals surface area contributed by atoms with Crippen LogP contribution >= 0.6 is 0 Å². The number of nitrogens with zero attached hydrogens (tertiary/aromatic N) is 1. The standard InChI is InChI=1S/C19H27NO4/c1-3-10-20(12-16-6-8-18(22-2)9-7-16)13-17(21)14-23-15-19-5-4-11-24-19/h4-9,11,17,21H,3,10,12-15H2,1-2H3/t17-/m1/s1. The molecule has 24 heavy (non-hydrogen) atoms. The van der Waals surface area contributed by atoms with Crippen LogP contribution in [0, 0.1) is 0 Å². The molecule has 0 aliphatic carbocycles. The first-order valence-corrected chi connectivity index (χ1v) is 8.34. The Morgan fingerprint density at radius 1 is 1.21 bits per heavy atom. The van der Waals surface area contributed by atoms with E-state index in [1.807, 2.05) is 24.3 Å². The summed E-state index contributed by atoms with van der Waals surface area (Å²) in [6.07, 6.45) is 2.13. The Morgan fingerprint density at radius 3 is 2.62 bits per heavy atom. The first kappa shape index (κ1) is 18.5. The largest absolute Gasteiger partial charge is 0.497 e. The van der Waals surface area contributed by atoms with E-state index in [-0.39, 0.29) is 0 Å². The summed E-state index contributed by atoms with van der Waals surface area (Å²) < 4.78 is 15.9. The Morgan fingerprint density at radius 2 is 2.00 bits per heavy atom. The lowest BCUT2D eigenvalue weighted by molar-refractivity contribution is 0.00387. The molecule has 5 heteroatoms. The predicted molar refractivity (Wildman–Crippen MR) is 92.9 cm³/mol. The molecule has 0 fully saturated rings. The smallest absolute Gasteiger partial charge is 0.129 e. The fourth-order valence-corrected chi connectivity index (χ4v) is 2.58. The molecule has 0 spiro atoms. The number of benzene rings is 1. The van der Waals surface area contributed by atoms with Crippen LogP contribution in [0.5, 0.6) is 5.75 Å². The molecule has 1 heterocycles. The summed E-state index contributed by atoms with van der Waals surface area (Å²) in [5, 5.41) is 10.2. The highest BCUT2D eigenvalue weighted by atomic mass is 16.5. The van der Waals surface area contributed by atoms with E-state index < -0.39 is 6.10 Å². The third-order valence-corrected chi connectivity index (χ3v) is 3.71. The van der Waals surface area contributed by atoms with Gasteiger partial charge in [0.05, 0.1) is 26.1 Å². The molecule has 0 unspecified atom stereocenters. The normalized spacial score (nSPS) is 12.5. The van der Waals surface area contributed by atoms with Gasteiger partial charge in [-0.15, -0.1) is 0 Å². The van der Waals surface area contributed by atoms with Gasteiger partial charge in [-0.3, -0.25) is 4.90 Å². The first-order chi connectivity index (χ1) is 11.7. The van der Waals surface area contributed by atoms with Gasteiger partial charge in [-0.25, -0.2) is 0 Å². The number of hydrogen-bond donors (Lipinski definition) is 1. The van der Waals surface area contributed by atoms with Crippen LogP contribution < -0.4 is 4.74 Å². The van der Waals surface area contributed by atoms with Gasteiger partial charge in [0.2, 0.25) is 0 Å². The third kappa shape index (κ3) is 6.35. The van der Waals surface area contributed by atoms with Crippen LogP contribution in [0.3, 0.4) is 0 Å². The summed E-state index contributed by atoms with van der Waals surface area (Å²) in [6, 6.07) is 11.7. The summed E-state index contributed by atoms with van der Waals surface area (Å²) in [7, 11) is 1.66. The molecule has 0 saturated heterocycles. The van der Waals surface area contributed by atoms with Crippen molar-refractivity contribution in [2.24, 2.45) is 0 Å². The molecule has 5 nitrogen and oxygen atoms in total. The summed E-state index contributed by atoms with van der Waals surface area (Å²) in [5.74, 6) is 1.62. The van der Waals surface area contributed by atoms with E-state index in [2.05, 4.69) is 24.0 Å². The van der Waals surface area contributed by atoms with Crippen LogP contribution in [-0.2, 0) is 17.9 Å². The summed E-state index contributed by atoms with van der Waals surface area (Å²) in [5.41, 5.74) is 1.20. The zero-order chi connectivity index (χ0) is 17.2. The van der Waals surface area contributed by atoms with Crippen molar-refractivity contribution >= 4 is 0 Å². The van der Waals surface area contributed by atoms with Gasteiger partial charge in [0.25, 0.3) is 0 Å². The van der Waals surface area contributed by atoms with E-state index in [4.69, 9.17) is 13.9 Å². The van der Waals surface area contributed by atoms with Gasteiger partial charge in [-0.2, -0.15) is 0 Å². The van der Waals surface area contributed by atoms with Crippen molar-refractivity contribution in [2.45, 2.75) is 32.6 Å². The molecular weight excluding hydrogens is 306 g/mol. The molecule has 1 aromatic carbocycles. The minimum absolute atomic E-state index is 0.295. The zero-order valence-corrected chi connectivity index (χ0v) is 14.5. The van der Waals surface area contributed by atoms with E-state index in [9.17, 15) is 5.11 Å². The molecule has 1 N–H and O–H groups in total. The lowest BCUT2D eigenvalue weighted by Crippen LogP contribution is -2.35. The quantitative estimate of drug-likeness (QED) is 0.685. The fourth-order valence-electron chi connectivity index (χ4n) is 2.58. The SMILES string of the molecule is CCCN(Cc1ccc(OC)cc1)C[C@@H](O)COCc1ccco1. The van der Waals surface area contributed by atoms with Crippen molar-refractivity contribution in [3.8, 4) is 5.75 Å². The number of hydrogen-bond acceptors (Lipinski definition) is 5. The Hall–Kier alpha value is -1.82. The monoisotopic (exact) mass is 333 g/mol. The number of rotatable bonds is 11. The second kappa shape index (κ2) is 10.1. The Kier molecular flexibility index (Phi) is 7.82. The van der Waals surface area contributed by atoms with Crippen molar-refractivity contribution in [2.75, 3.05) is 26.8 Å². The van der Waals surface area contributed by atoms with E-state index in [0.29, 0.717) is 19.8 Å². The second-order valence-electron chi connectivity index (χ2n) is 5.83. The van der Waals surface area contributed by atoms with Gasteiger partial charge < -0.3 is 19.0 Å². The molecule has 0 bridgehead atoms. The molecule has 1 aromatic heterocycles. The zero-order valence-electron chi connectivity index (χ0n) is 14.5. The maximum absolute atomic E-state index is 10.2. The van der Waals surface area contributed by atoms with Crippen LogP contribution in [0.25, 0.3) is 0 Å². The Bertz CT molecular complexity index is 553. The summed E-state index contributed by atoms with van der Waals surface area (Å²) in [6.45, 7) is 5.13. The molecule has 132 valence electrons. The van der Waals surface area contributed by atoms with Gasteiger partial charge in [0.1, 0.15) is 18.1 Å². The number of methoxy groups -OCH3 is 1. The topological polar surface area (TPSA) is 55.1 Å². The summed E-state index contributed by atoms with van der Waals surface area (Å²) >= 11 is 0. The second-order valence-corrected chi connectivity index (χ2v) is 5.83. The van der Waals surface area contributed by atoms with Crippen LogP contribution in [0.15, 0.2) is 47.1 Å². The molecule has 0 radical (unpaired) electrons. The van der Waals surface area contributed by atoms with Crippen LogP contribution in [0.4, 0.5) is 0 Å². The van der Waals surface area contributed by atoms with Gasteiger partial charge in [0, 0.05) is 13.1 Å². The van der Waals surface area contributed by atoms with Crippen molar-refractivity contribution in [3.63, 3.8) is 0 Å². The van der Waals surface area contributed by atoms with E-state index in [0.717, 1.165) is 31.0 Å². The lowest BCUT2D eigenvalue weighted by Gasteiger charge is -2.24. The number of aliphatic hydroxyl groups is 1. The molecular formula is C19H27NO4. The average Bonchev–Trinajstić information content (AvgIpc) is 3.09. The Labute approximate surface area is 143 Å². The Balaban J connectivity index is 1.78. The van der Waals surface area contributed by atoms with Crippen molar-refractivity contribution in [1.82, 2.24) is 4.90 Å². The van der Waals surface area contributed by atoms with Gasteiger partial charge in [-0.1, -0.05) is 19.1 Å². The van der Waals surface area contributed by atoms with E-state index >= 15 is 0 Å². The molecule has 0 aliphatic heterocycles. The molecule has 0 aliphatic rings. The molecule has 0 amide bonds. The van der Waals surface area contributed by atoms with Gasteiger partial charge in [-0.05, 0) is 42.8 Å². The van der Waals surface area contributed by atoms with Crippen molar-refractivity contribution in [1.29, 1.82) is 0 Å². The van der Waals surface area contributed by atoms with Crippen LogP contribution in [0.1, 0.15) is 24.7 Å². The highest BCUT2D eigenvalue weighted by Crippen LogP contribution is 2.13. The maximum Gasteiger partial charge on any atom is 0.129 e. The minimum Gasteiger partial charge on any atom is -0.497 e. The molecule has 1 atom stereocenters. The van der Waals surface area contributed by atoms with Crippen molar-refractivity contribution in [3.05, 3.63) is 54.0 Å². The number of furan rings is 1. The number of ether oxygens (including phenoxy) is 2. The summed E-state index contributed by atoms with van der Waals surface area (Å²) in [4.78, 5) is 2.24. The van der Waals surface area contributed by atoms with E-state index in [1.165, 1.54) is 5.56 Å². The number of aliphatic hydroxyl groups excluding tert-OH is 1. The van der Waals surface area contributed by atoms with Crippen molar-refractivity contribution < 1.29 is 19.0 Å². The minimum atomic E-state index is -0.523.